The van der Waals surface area contributed by atoms with E-state index >= 15 is 0 Å². The molecule has 6 nitrogen and oxygen atoms in total. The van der Waals surface area contributed by atoms with Crippen molar-refractivity contribution in [3.05, 3.63) is 101 Å². The van der Waals surface area contributed by atoms with Crippen molar-refractivity contribution in [3.8, 4) is 5.75 Å². The molecule has 0 heterocycles. The standard InChI is InChI=1S/C26H25FN2O4/c27-21-10-6-19(7-11-21)16-28-25(31)26(15-23(26)24(30)29-32)14-18-8-12-22(13-9-18)33-17-20-4-2-1-3-5-20/h1-13,23,32H,14-17H2,(H,28,31)(H,29,30)/t23?,26-/m0/s1. The lowest BCUT2D eigenvalue weighted by molar-refractivity contribution is -0.135. The number of rotatable bonds is 9. The van der Waals surface area contributed by atoms with Crippen LogP contribution < -0.4 is 15.5 Å². The number of nitrogens with one attached hydrogen (secondary N) is 2. The largest absolute Gasteiger partial charge is 0.489 e. The highest BCUT2D eigenvalue weighted by atomic mass is 19.1. The van der Waals surface area contributed by atoms with Gasteiger partial charge in [-0.1, -0.05) is 54.6 Å². The molecule has 1 aliphatic carbocycles. The van der Waals surface area contributed by atoms with Gasteiger partial charge in [0.25, 0.3) is 0 Å². The topological polar surface area (TPSA) is 87.7 Å². The highest BCUT2D eigenvalue weighted by molar-refractivity contribution is 5.95. The average Bonchev–Trinajstić information content (AvgIpc) is 3.58. The minimum Gasteiger partial charge on any atom is -0.489 e. The lowest BCUT2D eigenvalue weighted by Crippen LogP contribution is -2.37. The molecule has 1 unspecified atom stereocenters. The average molecular weight is 448 g/mol. The zero-order chi connectivity index (χ0) is 23.3. The predicted octanol–water partition coefficient (Wildman–Crippen LogP) is 3.78. The third-order valence-corrected chi connectivity index (χ3v) is 6.01. The van der Waals surface area contributed by atoms with Gasteiger partial charge >= 0.3 is 0 Å². The number of carbonyl (C=O) groups is 2. The van der Waals surface area contributed by atoms with Gasteiger partial charge in [-0.05, 0) is 53.8 Å². The van der Waals surface area contributed by atoms with Crippen molar-refractivity contribution in [3.63, 3.8) is 0 Å². The van der Waals surface area contributed by atoms with E-state index in [1.165, 1.54) is 12.1 Å². The molecule has 1 saturated carbocycles. The maximum atomic E-state index is 13.1. The summed E-state index contributed by atoms with van der Waals surface area (Å²) in [6.45, 7) is 0.676. The van der Waals surface area contributed by atoms with Crippen molar-refractivity contribution in [1.82, 2.24) is 10.8 Å². The quantitative estimate of drug-likeness (QED) is 0.344. The summed E-state index contributed by atoms with van der Waals surface area (Å²) in [5, 5.41) is 11.9. The van der Waals surface area contributed by atoms with Crippen molar-refractivity contribution >= 4 is 11.8 Å². The summed E-state index contributed by atoms with van der Waals surface area (Å²) in [7, 11) is 0. The molecule has 7 heteroatoms. The van der Waals surface area contributed by atoms with Crippen LogP contribution in [0, 0.1) is 17.2 Å². The van der Waals surface area contributed by atoms with Gasteiger partial charge in [-0.25, -0.2) is 9.87 Å². The van der Waals surface area contributed by atoms with Gasteiger partial charge in [0.15, 0.2) is 0 Å². The number of amides is 2. The molecule has 0 radical (unpaired) electrons. The van der Waals surface area contributed by atoms with Gasteiger partial charge in [-0.2, -0.15) is 0 Å². The van der Waals surface area contributed by atoms with Crippen molar-refractivity contribution in [1.29, 1.82) is 0 Å². The van der Waals surface area contributed by atoms with Crippen LogP contribution in [-0.2, 0) is 29.2 Å². The summed E-state index contributed by atoms with van der Waals surface area (Å²) >= 11 is 0. The second kappa shape index (κ2) is 9.83. The van der Waals surface area contributed by atoms with Crippen LogP contribution in [0.5, 0.6) is 5.75 Å². The Hall–Kier alpha value is -3.71. The number of hydrogen-bond donors (Lipinski definition) is 3. The molecule has 0 bridgehead atoms. The molecule has 0 spiro atoms. The predicted molar refractivity (Wildman–Crippen MR) is 120 cm³/mol. The molecule has 2 atom stereocenters. The van der Waals surface area contributed by atoms with E-state index in [0.717, 1.165) is 16.7 Å². The van der Waals surface area contributed by atoms with Crippen LogP contribution in [0.15, 0.2) is 78.9 Å². The normalized spacial score (nSPS) is 18.9. The van der Waals surface area contributed by atoms with Crippen LogP contribution in [0.25, 0.3) is 0 Å². The zero-order valence-electron chi connectivity index (χ0n) is 18.0. The summed E-state index contributed by atoms with van der Waals surface area (Å²) in [5.74, 6) is -1.11. The van der Waals surface area contributed by atoms with Gasteiger partial charge < -0.3 is 10.1 Å². The Balaban J connectivity index is 1.41. The van der Waals surface area contributed by atoms with Gasteiger partial charge in [-0.15, -0.1) is 0 Å². The highest BCUT2D eigenvalue weighted by Crippen LogP contribution is 2.55. The maximum Gasteiger partial charge on any atom is 0.247 e. The first-order chi connectivity index (χ1) is 16.0. The number of halogens is 1. The molecular formula is C26H25FN2O4. The molecule has 1 aliphatic rings. The number of benzene rings is 3. The van der Waals surface area contributed by atoms with Crippen molar-refractivity contribution in [2.75, 3.05) is 0 Å². The summed E-state index contributed by atoms with van der Waals surface area (Å²) in [5.41, 5.74) is 3.42. The van der Waals surface area contributed by atoms with E-state index in [9.17, 15) is 14.0 Å². The van der Waals surface area contributed by atoms with E-state index in [0.29, 0.717) is 25.2 Å². The monoisotopic (exact) mass is 448 g/mol. The van der Waals surface area contributed by atoms with Crippen LogP contribution in [0.3, 0.4) is 0 Å². The SMILES string of the molecule is O=C(NO)C1C[C@]1(Cc1ccc(OCc2ccccc2)cc1)C(=O)NCc1ccc(F)cc1. The summed E-state index contributed by atoms with van der Waals surface area (Å²) in [6.07, 6.45) is 0.681. The third kappa shape index (κ3) is 5.38. The lowest BCUT2D eigenvalue weighted by atomic mass is 9.92. The smallest absolute Gasteiger partial charge is 0.247 e. The Morgan fingerprint density at radius 2 is 1.61 bits per heavy atom. The molecule has 3 N–H and O–H groups in total. The molecule has 0 aromatic heterocycles. The number of hydrogen-bond acceptors (Lipinski definition) is 4. The highest BCUT2D eigenvalue weighted by Gasteiger charge is 2.63. The zero-order valence-corrected chi connectivity index (χ0v) is 18.0. The minimum atomic E-state index is -0.945. The van der Waals surface area contributed by atoms with E-state index in [4.69, 9.17) is 9.94 Å². The van der Waals surface area contributed by atoms with Crippen molar-refractivity contribution < 1.29 is 23.9 Å². The van der Waals surface area contributed by atoms with Gasteiger partial charge in [0.05, 0.1) is 11.3 Å². The Morgan fingerprint density at radius 1 is 0.939 bits per heavy atom. The van der Waals surface area contributed by atoms with Gasteiger partial charge in [0.1, 0.15) is 18.2 Å². The van der Waals surface area contributed by atoms with E-state index in [-0.39, 0.29) is 18.3 Å². The summed E-state index contributed by atoms with van der Waals surface area (Å²) in [6, 6.07) is 23.1. The van der Waals surface area contributed by atoms with Gasteiger partial charge in [0.2, 0.25) is 11.8 Å². The summed E-state index contributed by atoms with van der Waals surface area (Å²) in [4.78, 5) is 25.1. The number of carbonyl (C=O) groups excluding carboxylic acids is 2. The van der Waals surface area contributed by atoms with Crippen LogP contribution in [-0.4, -0.2) is 17.0 Å². The van der Waals surface area contributed by atoms with Gasteiger partial charge in [0, 0.05) is 6.54 Å². The number of ether oxygens (including phenoxy) is 1. The fourth-order valence-corrected chi connectivity index (χ4v) is 4.02. The van der Waals surface area contributed by atoms with Crippen molar-refractivity contribution in [2.24, 2.45) is 11.3 Å². The first kappa shape index (κ1) is 22.5. The van der Waals surface area contributed by atoms with Crippen LogP contribution in [0.4, 0.5) is 4.39 Å². The fraction of sp³-hybridized carbons (Fsp3) is 0.231. The molecular weight excluding hydrogens is 423 g/mol. The second-order valence-corrected chi connectivity index (χ2v) is 8.29. The molecule has 0 saturated heterocycles. The van der Waals surface area contributed by atoms with E-state index in [2.05, 4.69) is 5.32 Å². The Kier molecular flexibility index (Phi) is 6.70. The Morgan fingerprint density at radius 3 is 2.27 bits per heavy atom. The van der Waals surface area contributed by atoms with Crippen LogP contribution in [0.2, 0.25) is 0 Å². The van der Waals surface area contributed by atoms with Crippen LogP contribution >= 0.6 is 0 Å². The Labute approximate surface area is 191 Å². The second-order valence-electron chi connectivity index (χ2n) is 8.29. The molecule has 3 aromatic carbocycles. The first-order valence-electron chi connectivity index (χ1n) is 10.7. The van der Waals surface area contributed by atoms with Gasteiger partial charge in [-0.3, -0.25) is 14.8 Å². The van der Waals surface area contributed by atoms with E-state index < -0.39 is 17.2 Å². The lowest BCUT2D eigenvalue weighted by Gasteiger charge is -2.18. The third-order valence-electron chi connectivity index (χ3n) is 6.01. The maximum absolute atomic E-state index is 13.1. The fourth-order valence-electron chi connectivity index (χ4n) is 4.02. The summed E-state index contributed by atoms with van der Waals surface area (Å²) < 4.78 is 18.9. The molecule has 0 aliphatic heterocycles. The molecule has 170 valence electrons. The number of hydroxylamine groups is 1. The van der Waals surface area contributed by atoms with E-state index in [1.54, 1.807) is 17.6 Å². The molecule has 1 fully saturated rings. The Bertz CT molecular complexity index is 1100. The molecule has 4 rings (SSSR count). The minimum absolute atomic E-state index is 0.223. The molecule has 33 heavy (non-hydrogen) atoms. The van der Waals surface area contributed by atoms with Crippen molar-refractivity contribution in [2.45, 2.75) is 26.0 Å². The van der Waals surface area contributed by atoms with E-state index in [1.807, 2.05) is 54.6 Å². The molecule has 3 aromatic rings. The molecule has 2 amide bonds. The first-order valence-corrected chi connectivity index (χ1v) is 10.7. The van der Waals surface area contributed by atoms with Crippen LogP contribution in [0.1, 0.15) is 23.1 Å².